The topological polar surface area (TPSA) is 62.5 Å². The first kappa shape index (κ1) is 20.8. The molecule has 7 heteroatoms. The quantitative estimate of drug-likeness (QED) is 0.459. The van der Waals surface area contributed by atoms with Gasteiger partial charge < -0.3 is 10.2 Å². The van der Waals surface area contributed by atoms with Crippen molar-refractivity contribution in [3.05, 3.63) is 84.2 Å². The average molecular weight is 410 g/mol. The fraction of sp³-hybridized carbons (Fsp3) is 0.273. The van der Waals surface area contributed by atoms with Crippen LogP contribution in [0.15, 0.2) is 78.0 Å². The van der Waals surface area contributed by atoms with Crippen molar-refractivity contribution in [2.45, 2.75) is 12.3 Å². The van der Waals surface area contributed by atoms with Crippen molar-refractivity contribution < 1.29 is 4.21 Å². The molecule has 2 aromatic carbocycles. The number of hydrogen-bond acceptors (Lipinski definition) is 3. The van der Waals surface area contributed by atoms with E-state index in [1.807, 2.05) is 89.7 Å². The SMILES string of the molecule is CN=C(NCCS(=O)Cc1ccccc1)N(C)Cc1cnn(-c2ccccc2)c1. The highest BCUT2D eigenvalue weighted by Crippen LogP contribution is 2.09. The molecule has 0 aliphatic heterocycles. The third kappa shape index (κ3) is 6.29. The number of aromatic nitrogens is 2. The van der Waals surface area contributed by atoms with Gasteiger partial charge in [-0.1, -0.05) is 48.5 Å². The van der Waals surface area contributed by atoms with Crippen LogP contribution >= 0.6 is 0 Å². The number of nitrogens with one attached hydrogen (secondary N) is 1. The smallest absolute Gasteiger partial charge is 0.193 e. The minimum Gasteiger partial charge on any atom is -0.355 e. The van der Waals surface area contributed by atoms with Gasteiger partial charge in [-0.05, 0) is 17.7 Å². The average Bonchev–Trinajstić information content (AvgIpc) is 3.21. The molecule has 0 saturated carbocycles. The molecule has 3 rings (SSSR count). The molecule has 1 unspecified atom stereocenters. The molecule has 1 atom stereocenters. The van der Waals surface area contributed by atoms with Crippen LogP contribution in [0.25, 0.3) is 5.69 Å². The molecule has 0 aliphatic rings. The van der Waals surface area contributed by atoms with E-state index in [1.54, 1.807) is 7.05 Å². The molecule has 0 aliphatic carbocycles. The second-order valence-corrected chi connectivity index (χ2v) is 8.31. The van der Waals surface area contributed by atoms with Gasteiger partial charge in [-0.15, -0.1) is 0 Å². The molecule has 6 nitrogen and oxygen atoms in total. The van der Waals surface area contributed by atoms with E-state index in [4.69, 9.17) is 0 Å². The van der Waals surface area contributed by atoms with Crippen molar-refractivity contribution in [3.63, 3.8) is 0 Å². The van der Waals surface area contributed by atoms with E-state index in [0.29, 0.717) is 24.6 Å². The maximum atomic E-state index is 12.3. The van der Waals surface area contributed by atoms with Crippen molar-refractivity contribution in [2.24, 2.45) is 4.99 Å². The minimum atomic E-state index is -0.908. The molecule has 0 saturated heterocycles. The van der Waals surface area contributed by atoms with Gasteiger partial charge in [-0.25, -0.2) is 4.68 Å². The number of benzene rings is 2. The molecule has 0 amide bonds. The number of rotatable bonds is 8. The summed E-state index contributed by atoms with van der Waals surface area (Å²) in [4.78, 5) is 6.37. The van der Waals surface area contributed by atoms with Crippen LogP contribution in [0.2, 0.25) is 0 Å². The lowest BCUT2D eigenvalue weighted by molar-refractivity contribution is 0.479. The van der Waals surface area contributed by atoms with Gasteiger partial charge in [0.05, 0.1) is 11.9 Å². The Morgan fingerprint density at radius 1 is 1.10 bits per heavy atom. The van der Waals surface area contributed by atoms with E-state index in [1.165, 1.54) is 0 Å². The summed E-state index contributed by atoms with van der Waals surface area (Å²) in [6, 6.07) is 20.0. The second kappa shape index (κ2) is 10.6. The standard InChI is InChI=1S/C22H27N5OS/c1-23-22(24-13-14-29(28)18-19-9-5-3-6-10-19)26(2)16-20-15-25-27(17-20)21-11-7-4-8-12-21/h3-12,15,17H,13-14,16,18H2,1-2H3,(H,23,24). The van der Waals surface area contributed by atoms with Gasteiger partial charge in [0.25, 0.3) is 0 Å². The van der Waals surface area contributed by atoms with Gasteiger partial charge in [0.15, 0.2) is 5.96 Å². The molecule has 1 aromatic heterocycles. The van der Waals surface area contributed by atoms with Gasteiger partial charge in [0.1, 0.15) is 0 Å². The number of hydrogen-bond donors (Lipinski definition) is 1. The van der Waals surface area contributed by atoms with E-state index in [2.05, 4.69) is 15.4 Å². The molecule has 1 N–H and O–H groups in total. The Bertz CT molecular complexity index is 940. The summed E-state index contributed by atoms with van der Waals surface area (Å²) < 4.78 is 14.2. The number of aliphatic imine (C=N–C) groups is 1. The predicted octanol–water partition coefficient (Wildman–Crippen LogP) is 2.83. The summed E-state index contributed by atoms with van der Waals surface area (Å²) in [5, 5.41) is 7.74. The van der Waals surface area contributed by atoms with Crippen molar-refractivity contribution in [2.75, 3.05) is 26.4 Å². The second-order valence-electron chi connectivity index (χ2n) is 6.73. The van der Waals surface area contributed by atoms with Gasteiger partial charge >= 0.3 is 0 Å². The van der Waals surface area contributed by atoms with Crippen molar-refractivity contribution in [1.82, 2.24) is 20.0 Å². The van der Waals surface area contributed by atoms with Crippen LogP contribution in [-0.4, -0.2) is 51.2 Å². The summed E-state index contributed by atoms with van der Waals surface area (Å²) in [5.41, 5.74) is 3.22. The molecular formula is C22H27N5OS. The van der Waals surface area contributed by atoms with Crippen LogP contribution in [-0.2, 0) is 23.1 Å². The van der Waals surface area contributed by atoms with Gasteiger partial charge in [0, 0.05) is 61.3 Å². The normalized spacial score (nSPS) is 12.6. The molecule has 0 fully saturated rings. The summed E-state index contributed by atoms with van der Waals surface area (Å²) >= 11 is 0. The summed E-state index contributed by atoms with van der Waals surface area (Å²) in [6.07, 6.45) is 3.89. The number of nitrogens with zero attached hydrogens (tertiary/aromatic N) is 4. The summed E-state index contributed by atoms with van der Waals surface area (Å²) in [5.74, 6) is 1.93. The van der Waals surface area contributed by atoms with Crippen LogP contribution in [0.5, 0.6) is 0 Å². The molecule has 1 heterocycles. The zero-order chi connectivity index (χ0) is 20.5. The molecule has 3 aromatic rings. The monoisotopic (exact) mass is 409 g/mol. The first-order valence-corrected chi connectivity index (χ1v) is 11.0. The first-order chi connectivity index (χ1) is 14.2. The maximum Gasteiger partial charge on any atom is 0.193 e. The maximum absolute atomic E-state index is 12.3. The highest BCUT2D eigenvalue weighted by Gasteiger charge is 2.09. The zero-order valence-corrected chi connectivity index (χ0v) is 17.7. The molecule has 0 bridgehead atoms. The van der Waals surface area contributed by atoms with Crippen molar-refractivity contribution in [3.8, 4) is 5.69 Å². The zero-order valence-electron chi connectivity index (χ0n) is 16.9. The number of para-hydroxylation sites is 1. The van der Waals surface area contributed by atoms with Crippen LogP contribution in [0.3, 0.4) is 0 Å². The Hall–Kier alpha value is -2.93. The Morgan fingerprint density at radius 2 is 1.79 bits per heavy atom. The van der Waals surface area contributed by atoms with E-state index in [0.717, 1.165) is 22.8 Å². The van der Waals surface area contributed by atoms with E-state index in [9.17, 15) is 4.21 Å². The molecule has 0 spiro atoms. The Kier molecular flexibility index (Phi) is 7.58. The Labute approximate surface area is 174 Å². The highest BCUT2D eigenvalue weighted by molar-refractivity contribution is 7.84. The highest BCUT2D eigenvalue weighted by atomic mass is 32.2. The van der Waals surface area contributed by atoms with Gasteiger partial charge in [0.2, 0.25) is 0 Å². The molecular weight excluding hydrogens is 382 g/mol. The van der Waals surface area contributed by atoms with Crippen LogP contribution in [0.4, 0.5) is 0 Å². The van der Waals surface area contributed by atoms with Gasteiger partial charge in [-0.3, -0.25) is 9.20 Å². The van der Waals surface area contributed by atoms with Crippen LogP contribution in [0.1, 0.15) is 11.1 Å². The van der Waals surface area contributed by atoms with Crippen LogP contribution < -0.4 is 5.32 Å². The molecule has 29 heavy (non-hydrogen) atoms. The minimum absolute atomic E-state index is 0.577. The lowest BCUT2D eigenvalue weighted by Crippen LogP contribution is -2.40. The largest absolute Gasteiger partial charge is 0.355 e. The van der Waals surface area contributed by atoms with Crippen LogP contribution in [0, 0.1) is 0 Å². The lowest BCUT2D eigenvalue weighted by Gasteiger charge is -2.21. The van der Waals surface area contributed by atoms with Crippen molar-refractivity contribution >= 4 is 16.8 Å². The van der Waals surface area contributed by atoms with E-state index < -0.39 is 10.8 Å². The third-order valence-electron chi connectivity index (χ3n) is 4.43. The van der Waals surface area contributed by atoms with Gasteiger partial charge in [-0.2, -0.15) is 5.10 Å². The lowest BCUT2D eigenvalue weighted by atomic mass is 10.2. The Balaban J connectivity index is 1.47. The fourth-order valence-electron chi connectivity index (χ4n) is 3.01. The third-order valence-corrected chi connectivity index (χ3v) is 5.75. The Morgan fingerprint density at radius 3 is 2.48 bits per heavy atom. The first-order valence-electron chi connectivity index (χ1n) is 9.55. The summed E-state index contributed by atoms with van der Waals surface area (Å²) in [6.45, 7) is 1.29. The summed E-state index contributed by atoms with van der Waals surface area (Å²) in [7, 11) is 2.83. The molecule has 152 valence electrons. The predicted molar refractivity (Wildman–Crippen MR) is 120 cm³/mol. The van der Waals surface area contributed by atoms with E-state index >= 15 is 0 Å². The molecule has 0 radical (unpaired) electrons. The number of guanidine groups is 1. The van der Waals surface area contributed by atoms with E-state index in [-0.39, 0.29) is 0 Å². The fourth-order valence-corrected chi connectivity index (χ4v) is 4.04. The van der Waals surface area contributed by atoms with Crippen molar-refractivity contribution in [1.29, 1.82) is 0 Å².